The molecule has 0 N–H and O–H groups in total. The molecule has 0 saturated heterocycles. The van der Waals surface area contributed by atoms with Crippen LogP contribution in [0.1, 0.15) is 11.1 Å². The molecule has 6 aromatic carbocycles. The fourth-order valence-electron chi connectivity index (χ4n) is 6.78. The van der Waals surface area contributed by atoms with Crippen molar-refractivity contribution in [2.45, 2.75) is 13.8 Å². The molecule has 3 heteroatoms. The molecule has 0 amide bonds. The Morgan fingerprint density at radius 3 is 1.80 bits per heavy atom. The van der Waals surface area contributed by atoms with Crippen LogP contribution in [0.25, 0.3) is 11.1 Å². The lowest BCUT2D eigenvalue weighted by atomic mass is 9.33. The summed E-state index contributed by atoms with van der Waals surface area (Å²) < 4.78 is 0. The van der Waals surface area contributed by atoms with Gasteiger partial charge in [-0.2, -0.15) is 0 Å². The van der Waals surface area contributed by atoms with Crippen LogP contribution in [0.3, 0.4) is 0 Å². The normalized spacial score (nSPS) is 13.0. The SMILES string of the molecule is Cc1ccc2c(c1)N(c1ccccc1C)c1cc(-c3ccccc3)cc3c1B2c1ccccc1N3c1ccccc1. The van der Waals surface area contributed by atoms with Crippen LogP contribution in [0.15, 0.2) is 140 Å². The Kier molecular flexibility index (Phi) is 5.40. The first-order valence-corrected chi connectivity index (χ1v) is 14.3. The first-order chi connectivity index (χ1) is 20.2. The molecule has 0 bridgehead atoms. The molecule has 0 fully saturated rings. The zero-order valence-electron chi connectivity index (χ0n) is 23.3. The molecule has 2 aliphatic heterocycles. The Labute approximate surface area is 242 Å². The number of anilines is 6. The molecule has 0 atom stereocenters. The summed E-state index contributed by atoms with van der Waals surface area (Å²) in [5.74, 6) is 0. The van der Waals surface area contributed by atoms with Gasteiger partial charge in [0.05, 0.1) is 0 Å². The third-order valence-electron chi connectivity index (χ3n) is 8.61. The van der Waals surface area contributed by atoms with Crippen molar-refractivity contribution in [3.05, 3.63) is 151 Å². The number of rotatable bonds is 3. The van der Waals surface area contributed by atoms with Crippen molar-refractivity contribution in [1.82, 2.24) is 0 Å². The predicted molar refractivity (Wildman–Crippen MR) is 175 cm³/mol. The summed E-state index contributed by atoms with van der Waals surface area (Å²) in [6.45, 7) is 4.55. The predicted octanol–water partition coefficient (Wildman–Crippen LogP) is 8.05. The molecule has 41 heavy (non-hydrogen) atoms. The molecule has 8 rings (SSSR count). The van der Waals surface area contributed by atoms with Crippen molar-refractivity contribution in [2.75, 3.05) is 9.80 Å². The Morgan fingerprint density at radius 1 is 0.439 bits per heavy atom. The zero-order chi connectivity index (χ0) is 27.5. The van der Waals surface area contributed by atoms with Crippen LogP contribution in [-0.2, 0) is 0 Å². The van der Waals surface area contributed by atoms with E-state index in [1.807, 2.05) is 0 Å². The van der Waals surface area contributed by atoms with Gasteiger partial charge in [-0.3, -0.25) is 0 Å². The van der Waals surface area contributed by atoms with Gasteiger partial charge in [-0.15, -0.1) is 0 Å². The molecule has 0 saturated carbocycles. The molecule has 0 unspecified atom stereocenters. The number of fused-ring (bicyclic) bond motifs is 4. The lowest BCUT2D eigenvalue weighted by Crippen LogP contribution is -2.61. The van der Waals surface area contributed by atoms with Crippen molar-refractivity contribution in [3.8, 4) is 11.1 Å². The summed E-state index contributed by atoms with van der Waals surface area (Å²) in [7, 11) is 0. The van der Waals surface area contributed by atoms with Gasteiger partial charge < -0.3 is 9.80 Å². The van der Waals surface area contributed by atoms with Crippen LogP contribution in [0.5, 0.6) is 0 Å². The van der Waals surface area contributed by atoms with Crippen LogP contribution in [0.2, 0.25) is 0 Å². The monoisotopic (exact) mass is 524 g/mol. The largest absolute Gasteiger partial charge is 0.311 e. The van der Waals surface area contributed by atoms with Gasteiger partial charge in [0.1, 0.15) is 0 Å². The van der Waals surface area contributed by atoms with Crippen LogP contribution < -0.4 is 26.2 Å². The van der Waals surface area contributed by atoms with E-state index in [0.717, 1.165) is 0 Å². The Hall–Kier alpha value is -5.02. The Morgan fingerprint density at radius 2 is 1.05 bits per heavy atom. The van der Waals surface area contributed by atoms with Crippen molar-refractivity contribution in [2.24, 2.45) is 0 Å². The second-order valence-electron chi connectivity index (χ2n) is 11.1. The lowest BCUT2D eigenvalue weighted by molar-refractivity contribution is 1.23. The summed E-state index contributed by atoms with van der Waals surface area (Å²) in [6.07, 6.45) is 0. The lowest BCUT2D eigenvalue weighted by Gasteiger charge is -2.44. The highest BCUT2D eigenvalue weighted by Crippen LogP contribution is 2.46. The second-order valence-corrected chi connectivity index (χ2v) is 11.1. The minimum atomic E-state index is 0.136. The zero-order valence-corrected chi connectivity index (χ0v) is 23.3. The maximum atomic E-state index is 2.51. The maximum absolute atomic E-state index is 2.51. The van der Waals surface area contributed by atoms with E-state index in [-0.39, 0.29) is 6.71 Å². The quantitative estimate of drug-likeness (QED) is 0.216. The van der Waals surface area contributed by atoms with Gasteiger partial charge in [-0.25, -0.2) is 0 Å². The number of aryl methyl sites for hydroxylation is 2. The smallest absolute Gasteiger partial charge is 0.252 e. The molecule has 0 aliphatic carbocycles. The number of hydrogen-bond donors (Lipinski definition) is 0. The maximum Gasteiger partial charge on any atom is 0.252 e. The highest BCUT2D eigenvalue weighted by Gasteiger charge is 2.43. The van der Waals surface area contributed by atoms with Crippen LogP contribution >= 0.6 is 0 Å². The van der Waals surface area contributed by atoms with Crippen LogP contribution in [0, 0.1) is 13.8 Å². The van der Waals surface area contributed by atoms with E-state index < -0.39 is 0 Å². The van der Waals surface area contributed by atoms with Crippen molar-refractivity contribution < 1.29 is 0 Å². The van der Waals surface area contributed by atoms with E-state index in [1.54, 1.807) is 0 Å². The minimum absolute atomic E-state index is 0.136. The number of nitrogens with zero attached hydrogens (tertiary/aromatic N) is 2. The van der Waals surface area contributed by atoms with Crippen LogP contribution in [0.4, 0.5) is 34.1 Å². The van der Waals surface area contributed by atoms with Crippen molar-refractivity contribution in [1.29, 1.82) is 0 Å². The summed E-state index contributed by atoms with van der Waals surface area (Å²) in [4.78, 5) is 4.98. The fourth-order valence-corrected chi connectivity index (χ4v) is 6.78. The Bertz CT molecular complexity index is 1930. The standard InChI is InChI=1S/C38H29BN2/c1-26-21-22-32-35(23-26)41(33-19-11-9-13-27(33)2)37-25-29(28-14-5-3-6-15-28)24-36-38(37)39(32)31-18-10-12-20-34(31)40(36)30-16-7-4-8-17-30/h3-25H,1-2H3. The summed E-state index contributed by atoms with van der Waals surface area (Å²) >= 11 is 0. The third kappa shape index (κ3) is 3.66. The number of para-hydroxylation sites is 3. The second kappa shape index (κ2) is 9.28. The topological polar surface area (TPSA) is 6.48 Å². The van der Waals surface area contributed by atoms with Gasteiger partial charge in [0.25, 0.3) is 6.71 Å². The van der Waals surface area contributed by atoms with Gasteiger partial charge >= 0.3 is 0 Å². The highest BCUT2D eigenvalue weighted by molar-refractivity contribution is 7.00. The van der Waals surface area contributed by atoms with Crippen molar-refractivity contribution >= 4 is 57.2 Å². The van der Waals surface area contributed by atoms with E-state index in [2.05, 4.69) is 163 Å². The average Bonchev–Trinajstić information content (AvgIpc) is 3.02. The molecular weight excluding hydrogens is 495 g/mol. The molecule has 2 heterocycles. The summed E-state index contributed by atoms with van der Waals surface area (Å²) in [5, 5.41) is 0. The van der Waals surface area contributed by atoms with Crippen molar-refractivity contribution in [3.63, 3.8) is 0 Å². The average molecular weight is 524 g/mol. The number of hydrogen-bond acceptors (Lipinski definition) is 2. The van der Waals surface area contributed by atoms with Gasteiger partial charge in [0, 0.05) is 34.1 Å². The third-order valence-corrected chi connectivity index (χ3v) is 8.61. The van der Waals surface area contributed by atoms with E-state index in [9.17, 15) is 0 Å². The van der Waals surface area contributed by atoms with E-state index in [1.165, 1.54) is 72.8 Å². The Balaban J connectivity index is 1.53. The molecule has 0 aromatic heterocycles. The first-order valence-electron chi connectivity index (χ1n) is 14.3. The van der Waals surface area contributed by atoms with Gasteiger partial charge in [0.15, 0.2) is 0 Å². The summed E-state index contributed by atoms with van der Waals surface area (Å²) in [5.41, 5.74) is 16.4. The number of benzene rings is 6. The molecular formula is C38H29BN2. The summed E-state index contributed by atoms with van der Waals surface area (Å²) in [6, 6.07) is 51.1. The van der Waals surface area contributed by atoms with E-state index in [4.69, 9.17) is 0 Å². The molecule has 0 spiro atoms. The van der Waals surface area contributed by atoms with E-state index >= 15 is 0 Å². The molecule has 194 valence electrons. The fraction of sp³-hybridized carbons (Fsp3) is 0.0526. The molecule has 0 radical (unpaired) electrons. The van der Waals surface area contributed by atoms with Gasteiger partial charge in [-0.05, 0) is 95.0 Å². The molecule has 2 aliphatic rings. The first kappa shape index (κ1) is 23.8. The highest BCUT2D eigenvalue weighted by atomic mass is 15.2. The van der Waals surface area contributed by atoms with E-state index in [0.29, 0.717) is 0 Å². The van der Waals surface area contributed by atoms with Crippen LogP contribution in [-0.4, -0.2) is 6.71 Å². The molecule has 6 aromatic rings. The van der Waals surface area contributed by atoms with Gasteiger partial charge in [0.2, 0.25) is 0 Å². The van der Waals surface area contributed by atoms with Gasteiger partial charge in [-0.1, -0.05) is 97.1 Å². The minimum Gasteiger partial charge on any atom is -0.311 e. The molecule has 2 nitrogen and oxygen atoms in total.